The molecule has 0 saturated heterocycles. The number of benzene rings is 1. The Balaban J connectivity index is 1.88. The summed E-state index contributed by atoms with van der Waals surface area (Å²) in [6.45, 7) is 1.55. The van der Waals surface area contributed by atoms with Crippen LogP contribution in [0.2, 0.25) is 5.02 Å². The second-order valence-electron chi connectivity index (χ2n) is 4.49. The molecular formula is C15H15ClN2O4. The van der Waals surface area contributed by atoms with Crippen molar-refractivity contribution in [3.8, 4) is 5.75 Å². The lowest BCUT2D eigenvalue weighted by Crippen LogP contribution is -2.32. The van der Waals surface area contributed by atoms with Gasteiger partial charge in [-0.15, -0.1) is 0 Å². The van der Waals surface area contributed by atoms with Gasteiger partial charge in [-0.25, -0.2) is 0 Å². The third kappa shape index (κ3) is 4.02. The molecule has 1 aromatic heterocycles. The van der Waals surface area contributed by atoms with Gasteiger partial charge in [0, 0.05) is 5.69 Å². The number of methoxy groups -OCH3 is 1. The number of rotatable bonds is 5. The van der Waals surface area contributed by atoms with Crippen LogP contribution in [0.3, 0.4) is 0 Å². The Labute approximate surface area is 132 Å². The topological polar surface area (TPSA) is 80.6 Å². The molecule has 1 aromatic carbocycles. The van der Waals surface area contributed by atoms with Gasteiger partial charge >= 0.3 is 0 Å². The maximum atomic E-state index is 11.8. The summed E-state index contributed by atoms with van der Waals surface area (Å²) in [6, 6.07) is 8.08. The van der Waals surface area contributed by atoms with Gasteiger partial charge in [0.25, 0.3) is 5.91 Å². The van der Waals surface area contributed by atoms with Gasteiger partial charge < -0.3 is 19.8 Å². The molecule has 0 aliphatic rings. The van der Waals surface area contributed by atoms with E-state index < -0.39 is 5.91 Å². The number of furan rings is 1. The Morgan fingerprint density at radius 3 is 2.64 bits per heavy atom. The lowest BCUT2D eigenvalue weighted by molar-refractivity contribution is -0.115. The fourth-order valence-electron chi connectivity index (χ4n) is 1.75. The van der Waals surface area contributed by atoms with E-state index in [0.717, 1.165) is 0 Å². The van der Waals surface area contributed by atoms with Crippen LogP contribution in [0, 0.1) is 6.92 Å². The number of halogens is 1. The van der Waals surface area contributed by atoms with Crippen molar-refractivity contribution in [3.05, 3.63) is 46.9 Å². The van der Waals surface area contributed by atoms with Gasteiger partial charge in [-0.3, -0.25) is 9.59 Å². The van der Waals surface area contributed by atoms with Crippen LogP contribution in [0.15, 0.2) is 34.7 Å². The highest BCUT2D eigenvalue weighted by Crippen LogP contribution is 2.27. The third-order valence-electron chi connectivity index (χ3n) is 2.81. The van der Waals surface area contributed by atoms with Crippen molar-refractivity contribution in [2.75, 3.05) is 19.0 Å². The second-order valence-corrected chi connectivity index (χ2v) is 4.90. The zero-order valence-corrected chi connectivity index (χ0v) is 12.9. The SMILES string of the molecule is COc1ccc(NC(=O)CNC(=O)c2ccc(C)o2)cc1Cl. The summed E-state index contributed by atoms with van der Waals surface area (Å²) in [7, 11) is 1.51. The second kappa shape index (κ2) is 7.00. The first-order chi connectivity index (χ1) is 10.5. The van der Waals surface area contributed by atoms with E-state index in [1.807, 2.05) is 0 Å². The van der Waals surface area contributed by atoms with Crippen LogP contribution in [0.25, 0.3) is 0 Å². The molecule has 0 saturated carbocycles. The number of carbonyl (C=O) groups excluding carboxylic acids is 2. The maximum absolute atomic E-state index is 11.8. The predicted octanol–water partition coefficient (Wildman–Crippen LogP) is 2.62. The first kappa shape index (κ1) is 15.9. The number of aryl methyl sites for hydroxylation is 1. The van der Waals surface area contributed by atoms with Crippen LogP contribution in [0.5, 0.6) is 5.75 Å². The minimum atomic E-state index is -0.448. The Morgan fingerprint density at radius 1 is 1.27 bits per heavy atom. The summed E-state index contributed by atoms with van der Waals surface area (Å²) in [5, 5.41) is 5.47. The van der Waals surface area contributed by atoms with Crippen LogP contribution >= 0.6 is 11.6 Å². The van der Waals surface area contributed by atoms with Gasteiger partial charge in [-0.2, -0.15) is 0 Å². The quantitative estimate of drug-likeness (QED) is 0.886. The van der Waals surface area contributed by atoms with E-state index in [1.165, 1.54) is 7.11 Å². The molecule has 6 nitrogen and oxygen atoms in total. The van der Waals surface area contributed by atoms with Crippen molar-refractivity contribution in [3.63, 3.8) is 0 Å². The van der Waals surface area contributed by atoms with Crippen LogP contribution in [-0.4, -0.2) is 25.5 Å². The number of carbonyl (C=O) groups is 2. The van der Waals surface area contributed by atoms with Crippen LogP contribution in [0.4, 0.5) is 5.69 Å². The van der Waals surface area contributed by atoms with Gasteiger partial charge in [0.1, 0.15) is 11.5 Å². The van der Waals surface area contributed by atoms with Crippen LogP contribution in [0.1, 0.15) is 16.3 Å². The monoisotopic (exact) mass is 322 g/mol. The number of hydrogen-bond acceptors (Lipinski definition) is 4. The minimum absolute atomic E-state index is 0.165. The summed E-state index contributed by atoms with van der Waals surface area (Å²) >= 11 is 5.96. The Kier molecular flexibility index (Phi) is 5.06. The molecule has 0 aliphatic heterocycles. The molecule has 2 N–H and O–H groups in total. The number of anilines is 1. The van der Waals surface area contributed by atoms with Crippen molar-refractivity contribution in [1.82, 2.24) is 5.32 Å². The lowest BCUT2D eigenvalue weighted by atomic mass is 10.3. The molecule has 2 aromatic rings. The third-order valence-corrected chi connectivity index (χ3v) is 3.10. The first-order valence-electron chi connectivity index (χ1n) is 6.47. The smallest absolute Gasteiger partial charge is 0.287 e. The predicted molar refractivity (Wildman–Crippen MR) is 82.4 cm³/mol. The van der Waals surface area contributed by atoms with E-state index in [2.05, 4.69) is 10.6 Å². The highest BCUT2D eigenvalue weighted by molar-refractivity contribution is 6.32. The molecule has 22 heavy (non-hydrogen) atoms. The molecule has 2 rings (SSSR count). The van der Waals surface area contributed by atoms with Crippen molar-refractivity contribution in [1.29, 1.82) is 0 Å². The molecule has 116 valence electrons. The number of hydrogen-bond donors (Lipinski definition) is 2. The van der Waals surface area contributed by atoms with Gasteiger partial charge in [-0.05, 0) is 37.3 Å². The Morgan fingerprint density at radius 2 is 2.05 bits per heavy atom. The zero-order valence-electron chi connectivity index (χ0n) is 12.1. The van der Waals surface area contributed by atoms with Crippen LogP contribution in [-0.2, 0) is 4.79 Å². The summed E-state index contributed by atoms with van der Waals surface area (Å²) in [4.78, 5) is 23.5. The van der Waals surface area contributed by atoms with Crippen molar-refractivity contribution < 1.29 is 18.7 Å². The highest BCUT2D eigenvalue weighted by Gasteiger charge is 2.12. The molecular weight excluding hydrogens is 308 g/mol. The van der Waals surface area contributed by atoms with Gasteiger partial charge in [-0.1, -0.05) is 11.6 Å². The molecule has 0 aliphatic carbocycles. The maximum Gasteiger partial charge on any atom is 0.287 e. The molecule has 2 amide bonds. The zero-order chi connectivity index (χ0) is 16.1. The van der Waals surface area contributed by atoms with E-state index >= 15 is 0 Å². The molecule has 7 heteroatoms. The van der Waals surface area contributed by atoms with E-state index in [9.17, 15) is 9.59 Å². The molecule has 0 radical (unpaired) electrons. The first-order valence-corrected chi connectivity index (χ1v) is 6.85. The molecule has 0 bridgehead atoms. The fraction of sp³-hybridized carbons (Fsp3) is 0.200. The summed E-state index contributed by atoms with van der Waals surface area (Å²) in [5.74, 6) is 0.482. The van der Waals surface area contributed by atoms with Gasteiger partial charge in [0.05, 0.1) is 18.7 Å². The van der Waals surface area contributed by atoms with Crippen molar-refractivity contribution in [2.45, 2.75) is 6.92 Å². The van der Waals surface area contributed by atoms with E-state index in [4.69, 9.17) is 20.8 Å². The summed E-state index contributed by atoms with van der Waals surface area (Å²) in [5.41, 5.74) is 0.513. The Hall–Kier alpha value is -2.47. The molecule has 0 atom stereocenters. The van der Waals surface area contributed by atoms with Gasteiger partial charge in [0.2, 0.25) is 5.91 Å². The van der Waals surface area contributed by atoms with Crippen LogP contribution < -0.4 is 15.4 Å². The van der Waals surface area contributed by atoms with Crippen molar-refractivity contribution in [2.24, 2.45) is 0 Å². The van der Waals surface area contributed by atoms with E-state index in [-0.39, 0.29) is 18.2 Å². The normalized spacial score (nSPS) is 10.1. The van der Waals surface area contributed by atoms with Gasteiger partial charge in [0.15, 0.2) is 5.76 Å². The average molecular weight is 323 g/mol. The number of ether oxygens (including phenoxy) is 1. The standard InChI is InChI=1S/C15H15ClN2O4/c1-9-3-5-13(22-9)15(20)17-8-14(19)18-10-4-6-12(21-2)11(16)7-10/h3-7H,8H2,1-2H3,(H,17,20)(H,18,19). The van der Waals surface area contributed by atoms with Crippen molar-refractivity contribution >= 4 is 29.1 Å². The average Bonchev–Trinajstić information content (AvgIpc) is 2.91. The fourth-order valence-corrected chi connectivity index (χ4v) is 2.01. The summed E-state index contributed by atoms with van der Waals surface area (Å²) < 4.78 is 10.2. The number of nitrogens with one attached hydrogen (secondary N) is 2. The molecule has 1 heterocycles. The minimum Gasteiger partial charge on any atom is -0.495 e. The molecule has 0 spiro atoms. The van der Waals surface area contributed by atoms with E-state index in [1.54, 1.807) is 37.3 Å². The van der Waals surface area contributed by atoms with E-state index in [0.29, 0.717) is 22.2 Å². The molecule has 0 fully saturated rings. The highest BCUT2D eigenvalue weighted by atomic mass is 35.5. The molecule has 0 unspecified atom stereocenters. The lowest BCUT2D eigenvalue weighted by Gasteiger charge is -2.08. The Bertz CT molecular complexity index is 697. The number of amides is 2. The largest absolute Gasteiger partial charge is 0.495 e. The summed E-state index contributed by atoms with van der Waals surface area (Å²) in [6.07, 6.45) is 0.